The second-order valence-corrected chi connectivity index (χ2v) is 5.52. The van der Waals surface area contributed by atoms with Gasteiger partial charge in [0.05, 0.1) is 0 Å². The molecule has 0 aliphatic carbocycles. The fourth-order valence-corrected chi connectivity index (χ4v) is 3.35. The van der Waals surface area contributed by atoms with E-state index < -0.39 is 0 Å². The molecule has 2 heteroatoms. The molecule has 0 atom stereocenters. The van der Waals surface area contributed by atoms with Gasteiger partial charge in [-0.1, -0.05) is 30.3 Å². The minimum atomic E-state index is 0.592. The summed E-state index contributed by atoms with van der Waals surface area (Å²) in [6, 6.07) is 15.2. The molecule has 0 fully saturated rings. The van der Waals surface area contributed by atoms with Crippen molar-refractivity contribution in [1.82, 2.24) is 0 Å². The van der Waals surface area contributed by atoms with Crippen LogP contribution in [0.2, 0.25) is 0 Å². The summed E-state index contributed by atoms with van der Waals surface area (Å²) in [5.74, 6) is 0. The molecule has 1 heterocycles. The Morgan fingerprint density at radius 1 is 1.11 bits per heavy atom. The Kier molecular flexibility index (Phi) is 2.90. The molecule has 0 saturated heterocycles. The van der Waals surface area contributed by atoms with Crippen molar-refractivity contribution in [3.05, 3.63) is 54.1 Å². The van der Waals surface area contributed by atoms with Crippen LogP contribution in [0.4, 0.5) is 0 Å². The quantitative estimate of drug-likeness (QED) is 0.719. The predicted molar refractivity (Wildman–Crippen MR) is 82.0 cm³/mol. The van der Waals surface area contributed by atoms with Crippen molar-refractivity contribution in [2.75, 3.05) is 6.54 Å². The minimum Gasteiger partial charge on any atom is -0.327 e. The van der Waals surface area contributed by atoms with Gasteiger partial charge in [-0.15, -0.1) is 11.3 Å². The molecule has 0 radical (unpaired) electrons. The average molecular weight is 253 g/mol. The van der Waals surface area contributed by atoms with Gasteiger partial charge in [-0.05, 0) is 36.3 Å². The highest BCUT2D eigenvalue weighted by Crippen LogP contribution is 2.35. The van der Waals surface area contributed by atoms with E-state index in [1.54, 1.807) is 0 Å². The van der Waals surface area contributed by atoms with Crippen LogP contribution >= 0.6 is 11.3 Å². The van der Waals surface area contributed by atoms with Crippen LogP contribution in [-0.4, -0.2) is 6.54 Å². The maximum absolute atomic E-state index is 5.58. The molecule has 2 aromatic carbocycles. The molecule has 1 aromatic heterocycles. The average Bonchev–Trinajstić information content (AvgIpc) is 2.76. The third-order valence-corrected chi connectivity index (χ3v) is 4.41. The van der Waals surface area contributed by atoms with E-state index in [0.29, 0.717) is 6.54 Å². The van der Waals surface area contributed by atoms with Gasteiger partial charge in [-0.3, -0.25) is 0 Å². The van der Waals surface area contributed by atoms with Gasteiger partial charge >= 0.3 is 0 Å². The van der Waals surface area contributed by atoms with E-state index in [2.05, 4.69) is 55.5 Å². The second-order valence-electron chi connectivity index (χ2n) is 4.43. The van der Waals surface area contributed by atoms with Gasteiger partial charge in [0.15, 0.2) is 0 Å². The number of rotatable bonds is 2. The third-order valence-electron chi connectivity index (χ3n) is 3.26. The minimum absolute atomic E-state index is 0.592. The molecule has 0 spiro atoms. The highest BCUT2D eigenvalue weighted by molar-refractivity contribution is 7.25. The fraction of sp³-hybridized carbons (Fsp3) is 0.125. The molecule has 1 nitrogen and oxygen atoms in total. The monoisotopic (exact) mass is 253 g/mol. The molecular formula is C16H15NS. The lowest BCUT2D eigenvalue weighted by Gasteiger charge is -2.01. The van der Waals surface area contributed by atoms with Gasteiger partial charge in [0.2, 0.25) is 0 Å². The molecule has 0 amide bonds. The van der Waals surface area contributed by atoms with E-state index in [0.717, 1.165) is 0 Å². The normalized spacial score (nSPS) is 12.4. The predicted octanol–water partition coefficient (Wildman–Crippen LogP) is 4.42. The lowest BCUT2D eigenvalue weighted by Crippen LogP contribution is -1.94. The number of thiophene rings is 1. The smallest absolute Gasteiger partial charge is 0.0355 e. The van der Waals surface area contributed by atoms with Crippen LogP contribution in [0.15, 0.2) is 48.5 Å². The van der Waals surface area contributed by atoms with Gasteiger partial charge in [0, 0.05) is 26.7 Å². The van der Waals surface area contributed by atoms with Crippen molar-refractivity contribution in [3.63, 3.8) is 0 Å². The number of hydrogen-bond donors (Lipinski definition) is 1. The molecular weight excluding hydrogens is 238 g/mol. The van der Waals surface area contributed by atoms with Crippen LogP contribution in [0.5, 0.6) is 0 Å². The molecule has 3 rings (SSSR count). The zero-order chi connectivity index (χ0) is 12.5. The Labute approximate surface area is 111 Å². The van der Waals surface area contributed by atoms with Gasteiger partial charge in [0.25, 0.3) is 0 Å². The van der Waals surface area contributed by atoms with Crippen LogP contribution in [0.25, 0.3) is 25.7 Å². The number of hydrogen-bond acceptors (Lipinski definition) is 2. The maximum Gasteiger partial charge on any atom is 0.0355 e. The molecule has 2 N–H and O–H groups in total. The van der Waals surface area contributed by atoms with Gasteiger partial charge in [0.1, 0.15) is 0 Å². The standard InChI is InChI=1S/C16H15NS/c1-11(8-9-17)12-6-7-16-14(10-12)13-4-2-3-5-15(13)18-16/h2-8,10H,9,17H2,1H3. The van der Waals surface area contributed by atoms with E-state index >= 15 is 0 Å². The SMILES string of the molecule is CC(=CCN)c1ccc2sc3ccccc3c2c1. The zero-order valence-electron chi connectivity index (χ0n) is 10.3. The first kappa shape index (κ1) is 11.5. The van der Waals surface area contributed by atoms with Crippen molar-refractivity contribution in [3.8, 4) is 0 Å². The first-order valence-electron chi connectivity index (χ1n) is 6.08. The van der Waals surface area contributed by atoms with Crippen LogP contribution < -0.4 is 5.73 Å². The van der Waals surface area contributed by atoms with Crippen LogP contribution in [0.1, 0.15) is 12.5 Å². The lowest BCUT2D eigenvalue weighted by molar-refractivity contribution is 1.25. The van der Waals surface area contributed by atoms with E-state index in [1.807, 2.05) is 11.3 Å². The summed E-state index contributed by atoms with van der Waals surface area (Å²) < 4.78 is 2.70. The van der Waals surface area contributed by atoms with E-state index in [4.69, 9.17) is 5.73 Å². The molecule has 0 aliphatic heterocycles. The summed E-state index contributed by atoms with van der Waals surface area (Å²) in [4.78, 5) is 0. The van der Waals surface area contributed by atoms with E-state index in [-0.39, 0.29) is 0 Å². The van der Waals surface area contributed by atoms with Crippen molar-refractivity contribution >= 4 is 37.1 Å². The summed E-state index contributed by atoms with van der Waals surface area (Å²) in [5.41, 5.74) is 8.08. The van der Waals surface area contributed by atoms with Crippen molar-refractivity contribution in [2.24, 2.45) is 5.73 Å². The van der Waals surface area contributed by atoms with Crippen molar-refractivity contribution in [1.29, 1.82) is 0 Å². The topological polar surface area (TPSA) is 26.0 Å². The van der Waals surface area contributed by atoms with E-state index in [1.165, 1.54) is 31.3 Å². The first-order valence-corrected chi connectivity index (χ1v) is 6.90. The first-order chi connectivity index (χ1) is 8.79. The van der Waals surface area contributed by atoms with Crippen LogP contribution in [0.3, 0.4) is 0 Å². The molecule has 0 bridgehead atoms. The van der Waals surface area contributed by atoms with Gasteiger partial charge in [-0.25, -0.2) is 0 Å². The summed E-state index contributed by atoms with van der Waals surface area (Å²) in [6.07, 6.45) is 2.07. The summed E-state index contributed by atoms with van der Waals surface area (Å²) in [5, 5.41) is 2.69. The Morgan fingerprint density at radius 2 is 1.89 bits per heavy atom. The van der Waals surface area contributed by atoms with Gasteiger partial charge < -0.3 is 5.73 Å². The molecule has 90 valence electrons. The third kappa shape index (κ3) is 1.84. The highest BCUT2D eigenvalue weighted by atomic mass is 32.1. The van der Waals surface area contributed by atoms with Crippen LogP contribution in [-0.2, 0) is 0 Å². The molecule has 0 saturated carbocycles. The number of benzene rings is 2. The molecule has 0 unspecified atom stereocenters. The van der Waals surface area contributed by atoms with Gasteiger partial charge in [-0.2, -0.15) is 0 Å². The molecule has 18 heavy (non-hydrogen) atoms. The largest absolute Gasteiger partial charge is 0.327 e. The molecule has 3 aromatic rings. The summed E-state index contributed by atoms with van der Waals surface area (Å²) >= 11 is 1.85. The number of nitrogens with two attached hydrogens (primary N) is 1. The summed E-state index contributed by atoms with van der Waals surface area (Å²) in [7, 11) is 0. The second kappa shape index (κ2) is 4.56. The Hall–Kier alpha value is -1.64. The Morgan fingerprint density at radius 3 is 2.72 bits per heavy atom. The van der Waals surface area contributed by atoms with Crippen molar-refractivity contribution < 1.29 is 0 Å². The van der Waals surface area contributed by atoms with Crippen LogP contribution in [0, 0.1) is 0 Å². The summed E-state index contributed by atoms with van der Waals surface area (Å²) in [6.45, 7) is 2.71. The zero-order valence-corrected chi connectivity index (χ0v) is 11.1. The highest BCUT2D eigenvalue weighted by Gasteiger charge is 2.05. The Balaban J connectivity index is 2.27. The van der Waals surface area contributed by atoms with E-state index in [9.17, 15) is 0 Å². The Bertz CT molecular complexity index is 737. The maximum atomic E-state index is 5.58. The van der Waals surface area contributed by atoms with Crippen molar-refractivity contribution in [2.45, 2.75) is 6.92 Å². The number of allylic oxidation sites excluding steroid dienone is 1. The fourth-order valence-electron chi connectivity index (χ4n) is 2.27. The number of fused-ring (bicyclic) bond motifs is 3. The lowest BCUT2D eigenvalue weighted by atomic mass is 10.0. The molecule has 0 aliphatic rings.